The maximum atomic E-state index is 13.7. The zero-order valence-electron chi connectivity index (χ0n) is 11.8. The van der Waals surface area contributed by atoms with E-state index in [2.05, 4.69) is 0 Å². The molecule has 0 N–H and O–H groups in total. The highest BCUT2D eigenvalue weighted by atomic mass is 19.4. The Labute approximate surface area is 127 Å². The van der Waals surface area contributed by atoms with Crippen molar-refractivity contribution < 1.29 is 30.7 Å². The quantitative estimate of drug-likeness (QED) is 0.631. The molecule has 0 spiro atoms. The Hall–Kier alpha value is -2.05. The number of hydrogen-bond acceptors (Lipinski definition) is 0. The van der Waals surface area contributed by atoms with Gasteiger partial charge in [-0.2, -0.15) is 26.3 Å². The van der Waals surface area contributed by atoms with Crippen LogP contribution < -0.4 is 0 Å². The largest absolute Gasteiger partial charge is 0.411 e. The zero-order chi connectivity index (χ0) is 17.5. The molecule has 124 valence electrons. The van der Waals surface area contributed by atoms with Crippen molar-refractivity contribution in [1.29, 1.82) is 0 Å². The van der Waals surface area contributed by atoms with Gasteiger partial charge in [-0.15, -0.1) is 0 Å². The van der Waals surface area contributed by atoms with Crippen molar-refractivity contribution in [1.82, 2.24) is 0 Å². The van der Waals surface area contributed by atoms with Gasteiger partial charge in [-0.25, -0.2) is 4.39 Å². The van der Waals surface area contributed by atoms with Gasteiger partial charge in [0, 0.05) is 0 Å². The average Bonchev–Trinajstić information content (AvgIpc) is 2.38. The molecule has 0 aliphatic heterocycles. The highest BCUT2D eigenvalue weighted by molar-refractivity contribution is 5.47. The van der Waals surface area contributed by atoms with Crippen LogP contribution in [0.1, 0.15) is 16.7 Å². The van der Waals surface area contributed by atoms with Gasteiger partial charge in [-0.1, -0.05) is 36.4 Å². The van der Waals surface area contributed by atoms with Gasteiger partial charge in [-0.3, -0.25) is 0 Å². The summed E-state index contributed by atoms with van der Waals surface area (Å²) in [4.78, 5) is 0. The maximum absolute atomic E-state index is 13.7. The Kier molecular flexibility index (Phi) is 4.17. The Morgan fingerprint density at radius 3 is 1.78 bits per heavy atom. The molecule has 23 heavy (non-hydrogen) atoms. The van der Waals surface area contributed by atoms with Gasteiger partial charge in [0.05, 0.1) is 0 Å². The van der Waals surface area contributed by atoms with E-state index in [1.165, 1.54) is 6.07 Å². The summed E-state index contributed by atoms with van der Waals surface area (Å²) in [7, 11) is 0. The molecule has 0 atom stereocenters. The fraction of sp³-hybridized carbons (Fsp3) is 0.250. The summed E-state index contributed by atoms with van der Waals surface area (Å²) in [6.45, 7) is 1.15. The lowest BCUT2D eigenvalue weighted by atomic mass is 9.71. The van der Waals surface area contributed by atoms with Gasteiger partial charge in [0.2, 0.25) is 5.41 Å². The second kappa shape index (κ2) is 5.54. The summed E-state index contributed by atoms with van der Waals surface area (Å²) in [6.07, 6.45) is -11.4. The molecule has 0 bridgehead atoms. The molecule has 0 aromatic heterocycles. The molecule has 0 aliphatic carbocycles. The van der Waals surface area contributed by atoms with Crippen molar-refractivity contribution in [3.05, 3.63) is 71.0 Å². The minimum Gasteiger partial charge on any atom is -0.207 e. The minimum absolute atomic E-state index is 0.189. The lowest BCUT2D eigenvalue weighted by Gasteiger charge is -2.39. The fourth-order valence-corrected chi connectivity index (χ4v) is 2.66. The van der Waals surface area contributed by atoms with Crippen LogP contribution in [0, 0.1) is 12.7 Å². The summed E-state index contributed by atoms with van der Waals surface area (Å²) in [5.41, 5.74) is -6.66. The summed E-state index contributed by atoms with van der Waals surface area (Å²) < 4.78 is 95.6. The van der Waals surface area contributed by atoms with E-state index < -0.39 is 34.7 Å². The number of hydrogen-bond donors (Lipinski definition) is 0. The van der Waals surface area contributed by atoms with E-state index in [0.29, 0.717) is 6.07 Å². The van der Waals surface area contributed by atoms with Crippen LogP contribution in [-0.2, 0) is 5.41 Å². The van der Waals surface area contributed by atoms with Crippen LogP contribution >= 0.6 is 0 Å². The molecule has 2 aromatic rings. The molecule has 2 rings (SSSR count). The third-order valence-corrected chi connectivity index (χ3v) is 3.66. The van der Waals surface area contributed by atoms with Crippen molar-refractivity contribution >= 4 is 0 Å². The van der Waals surface area contributed by atoms with Crippen LogP contribution in [-0.4, -0.2) is 12.4 Å². The first-order valence-electron chi connectivity index (χ1n) is 6.47. The van der Waals surface area contributed by atoms with Crippen LogP contribution in [0.15, 0.2) is 48.5 Å². The third-order valence-electron chi connectivity index (χ3n) is 3.66. The van der Waals surface area contributed by atoms with Gasteiger partial charge in [-0.05, 0) is 35.7 Å². The number of benzene rings is 2. The first kappa shape index (κ1) is 17.3. The molecule has 0 nitrogen and oxygen atoms in total. The van der Waals surface area contributed by atoms with Crippen LogP contribution in [0.25, 0.3) is 0 Å². The highest BCUT2D eigenvalue weighted by Gasteiger charge is 2.72. The second-order valence-electron chi connectivity index (χ2n) is 5.07. The molecule has 2 aromatic carbocycles. The van der Waals surface area contributed by atoms with Crippen LogP contribution in [0.4, 0.5) is 30.7 Å². The van der Waals surface area contributed by atoms with E-state index >= 15 is 0 Å². The molecule has 0 radical (unpaired) electrons. The predicted octanol–water partition coefficient (Wildman–Crippen LogP) is 5.54. The maximum Gasteiger partial charge on any atom is 0.411 e. The molecule has 0 unspecified atom stereocenters. The molecule has 0 amide bonds. The third kappa shape index (κ3) is 2.68. The van der Waals surface area contributed by atoms with E-state index in [1.54, 1.807) is 0 Å². The van der Waals surface area contributed by atoms with Crippen LogP contribution in [0.2, 0.25) is 0 Å². The van der Waals surface area contributed by atoms with E-state index in [1.807, 2.05) is 0 Å². The summed E-state index contributed by atoms with van der Waals surface area (Å²) >= 11 is 0. The molecule has 0 saturated carbocycles. The van der Waals surface area contributed by atoms with Crippen LogP contribution in [0.5, 0.6) is 0 Å². The fourth-order valence-electron chi connectivity index (χ4n) is 2.66. The van der Waals surface area contributed by atoms with E-state index in [-0.39, 0.29) is 11.6 Å². The topological polar surface area (TPSA) is 0 Å². The lowest BCUT2D eigenvalue weighted by molar-refractivity contribution is -0.288. The molecule has 0 heterocycles. The number of alkyl halides is 6. The average molecular weight is 336 g/mol. The van der Waals surface area contributed by atoms with Crippen LogP contribution in [0.3, 0.4) is 0 Å². The first-order chi connectivity index (χ1) is 10.5. The Balaban J connectivity index is 2.97. The minimum atomic E-state index is -5.70. The standard InChI is InChI=1S/C16H11F7/c1-10-5-2-3-8-13(10)14(15(18,19)20,16(21,22)23)11-6-4-7-12(17)9-11/h2-9H,1H3. The highest BCUT2D eigenvalue weighted by Crippen LogP contribution is 2.56. The Morgan fingerprint density at radius 2 is 1.30 bits per heavy atom. The van der Waals surface area contributed by atoms with E-state index in [0.717, 1.165) is 37.3 Å². The monoisotopic (exact) mass is 336 g/mol. The summed E-state index contributed by atoms with van der Waals surface area (Å²) in [6, 6.07) is 6.87. The smallest absolute Gasteiger partial charge is 0.207 e. The van der Waals surface area contributed by atoms with Gasteiger partial charge < -0.3 is 0 Å². The Morgan fingerprint density at radius 1 is 0.739 bits per heavy atom. The van der Waals surface area contributed by atoms with Crippen molar-refractivity contribution in [2.75, 3.05) is 0 Å². The normalized spacial score (nSPS) is 13.2. The molecular formula is C16H11F7. The molecule has 0 fully saturated rings. The van der Waals surface area contributed by atoms with Gasteiger partial charge in [0.1, 0.15) is 5.82 Å². The van der Waals surface area contributed by atoms with Gasteiger partial charge in [0.25, 0.3) is 0 Å². The van der Waals surface area contributed by atoms with Crippen molar-refractivity contribution in [2.24, 2.45) is 0 Å². The van der Waals surface area contributed by atoms with Crippen molar-refractivity contribution in [2.45, 2.75) is 24.7 Å². The van der Waals surface area contributed by atoms with E-state index in [9.17, 15) is 30.7 Å². The SMILES string of the molecule is Cc1ccccc1C(c1cccc(F)c1)(C(F)(F)F)C(F)(F)F. The number of rotatable bonds is 2. The molecular weight excluding hydrogens is 325 g/mol. The van der Waals surface area contributed by atoms with E-state index in [4.69, 9.17) is 0 Å². The summed E-state index contributed by atoms with van der Waals surface area (Å²) in [5, 5.41) is 0. The first-order valence-corrected chi connectivity index (χ1v) is 6.47. The van der Waals surface area contributed by atoms with Gasteiger partial charge >= 0.3 is 12.4 Å². The van der Waals surface area contributed by atoms with Crippen molar-refractivity contribution in [3.63, 3.8) is 0 Å². The number of aryl methyl sites for hydroxylation is 1. The Bertz CT molecular complexity index is 684. The molecule has 7 heteroatoms. The van der Waals surface area contributed by atoms with Crippen molar-refractivity contribution in [3.8, 4) is 0 Å². The zero-order valence-corrected chi connectivity index (χ0v) is 11.8. The predicted molar refractivity (Wildman–Crippen MR) is 70.5 cm³/mol. The van der Waals surface area contributed by atoms with Gasteiger partial charge in [0.15, 0.2) is 0 Å². The number of halogens is 7. The lowest BCUT2D eigenvalue weighted by Crippen LogP contribution is -2.55. The molecule has 0 saturated heterocycles. The second-order valence-corrected chi connectivity index (χ2v) is 5.07. The molecule has 0 aliphatic rings. The summed E-state index contributed by atoms with van der Waals surface area (Å²) in [5.74, 6) is -1.17.